The van der Waals surface area contributed by atoms with Crippen molar-refractivity contribution in [3.8, 4) is 11.5 Å². The first kappa shape index (κ1) is 17.8. The molecule has 1 aromatic rings. The number of benzene rings is 1. The van der Waals surface area contributed by atoms with Crippen LogP contribution in [0.15, 0.2) is 12.1 Å². The number of ether oxygens (including phenoxy) is 3. The van der Waals surface area contributed by atoms with E-state index >= 15 is 0 Å². The fourth-order valence-electron chi connectivity index (χ4n) is 2.63. The van der Waals surface area contributed by atoms with Crippen LogP contribution in [0.4, 0.5) is 0 Å². The lowest BCUT2D eigenvalue weighted by atomic mass is 9.97. The summed E-state index contributed by atoms with van der Waals surface area (Å²) in [4.78, 5) is 12.2. The highest BCUT2D eigenvalue weighted by Gasteiger charge is 2.27. The summed E-state index contributed by atoms with van der Waals surface area (Å²) in [6.45, 7) is 4.45. The van der Waals surface area contributed by atoms with E-state index in [1.54, 1.807) is 26.2 Å². The van der Waals surface area contributed by atoms with Crippen LogP contribution in [-0.4, -0.2) is 36.8 Å². The van der Waals surface area contributed by atoms with Crippen LogP contribution in [0.5, 0.6) is 11.5 Å². The topological polar surface area (TPSA) is 65.0 Å². The Morgan fingerprint density at radius 3 is 2.83 bits per heavy atom. The molecule has 2 rings (SSSR count). The van der Waals surface area contributed by atoms with Crippen LogP contribution in [0.3, 0.4) is 0 Å². The first-order valence-electron chi connectivity index (χ1n) is 8.24. The smallest absolute Gasteiger partial charge is 0.191 e. The molecule has 1 aliphatic heterocycles. The van der Waals surface area contributed by atoms with E-state index in [1.165, 1.54) is 0 Å². The Morgan fingerprint density at radius 2 is 2.13 bits per heavy atom. The normalized spacial score (nSPS) is 18.4. The molecule has 0 radical (unpaired) electrons. The molecule has 0 aromatic heterocycles. The summed E-state index contributed by atoms with van der Waals surface area (Å²) < 4.78 is 16.5. The maximum atomic E-state index is 12.2. The van der Waals surface area contributed by atoms with Crippen molar-refractivity contribution >= 4 is 5.78 Å². The Balaban J connectivity index is 2.07. The number of aliphatic hydroxyl groups is 1. The van der Waals surface area contributed by atoms with Crippen molar-refractivity contribution in [1.29, 1.82) is 0 Å². The molecule has 5 nitrogen and oxygen atoms in total. The van der Waals surface area contributed by atoms with Gasteiger partial charge in [0, 0.05) is 5.56 Å². The molecule has 1 N–H and O–H groups in total. The number of fused-ring (bicyclic) bond motifs is 1. The molecule has 0 aliphatic carbocycles. The highest BCUT2D eigenvalue weighted by atomic mass is 16.5. The molecule has 128 valence electrons. The van der Waals surface area contributed by atoms with Crippen LogP contribution in [0.25, 0.3) is 0 Å². The maximum absolute atomic E-state index is 12.2. The van der Waals surface area contributed by atoms with E-state index in [1.807, 2.05) is 0 Å². The summed E-state index contributed by atoms with van der Waals surface area (Å²) in [5.74, 6) is 0.987. The molecular weight excluding hydrogens is 296 g/mol. The van der Waals surface area contributed by atoms with Crippen LogP contribution in [-0.2, 0) is 11.3 Å². The van der Waals surface area contributed by atoms with Crippen molar-refractivity contribution in [3.05, 3.63) is 23.3 Å². The van der Waals surface area contributed by atoms with Crippen LogP contribution in [0, 0.1) is 0 Å². The van der Waals surface area contributed by atoms with Crippen molar-refractivity contribution in [3.63, 3.8) is 0 Å². The van der Waals surface area contributed by atoms with Gasteiger partial charge in [-0.05, 0) is 31.0 Å². The minimum absolute atomic E-state index is 0.0535. The first-order valence-corrected chi connectivity index (χ1v) is 8.24. The summed E-state index contributed by atoms with van der Waals surface area (Å²) >= 11 is 0. The molecular formula is C18H26O5. The van der Waals surface area contributed by atoms with Crippen LogP contribution < -0.4 is 9.47 Å². The lowest BCUT2D eigenvalue weighted by Gasteiger charge is -2.23. The second kappa shape index (κ2) is 8.31. The highest BCUT2D eigenvalue weighted by Crippen LogP contribution is 2.34. The average Bonchev–Trinajstić information content (AvgIpc) is 2.56. The quantitative estimate of drug-likeness (QED) is 0.745. The number of hydrogen-bond acceptors (Lipinski definition) is 5. The van der Waals surface area contributed by atoms with Gasteiger partial charge < -0.3 is 19.3 Å². The largest absolute Gasteiger partial charge is 0.493 e. The van der Waals surface area contributed by atoms with E-state index in [9.17, 15) is 9.90 Å². The van der Waals surface area contributed by atoms with Gasteiger partial charge in [0.1, 0.15) is 12.7 Å². The van der Waals surface area contributed by atoms with E-state index in [-0.39, 0.29) is 12.4 Å². The molecule has 0 amide bonds. The lowest BCUT2D eigenvalue weighted by Crippen LogP contribution is -2.27. The van der Waals surface area contributed by atoms with Gasteiger partial charge in [-0.2, -0.15) is 0 Å². The van der Waals surface area contributed by atoms with Crippen molar-refractivity contribution in [2.75, 3.05) is 13.7 Å². The van der Waals surface area contributed by atoms with Crippen LogP contribution in [0.2, 0.25) is 0 Å². The number of Topliss-reactive ketones (excluding diaryl/α,β-unsaturated/α-hetero) is 1. The van der Waals surface area contributed by atoms with Gasteiger partial charge in [0.05, 0.1) is 19.8 Å². The summed E-state index contributed by atoms with van der Waals surface area (Å²) in [7, 11) is 1.56. The van der Waals surface area contributed by atoms with Crippen LogP contribution >= 0.6 is 0 Å². The number of ketones is 1. The van der Waals surface area contributed by atoms with Gasteiger partial charge in [-0.25, -0.2) is 0 Å². The third-order valence-electron chi connectivity index (χ3n) is 4.09. The average molecular weight is 322 g/mol. The zero-order valence-electron chi connectivity index (χ0n) is 14.1. The number of aliphatic hydroxyl groups excluding tert-OH is 1. The lowest BCUT2D eigenvalue weighted by molar-refractivity contribution is 0.0334. The Kier molecular flexibility index (Phi) is 6.42. The maximum Gasteiger partial charge on any atom is 0.191 e. The standard InChI is InChI=1S/C18H26O5/c1-4-5-6-7-14(19)11-23-17-9-15-13(8-16(17)21-3)10-22-12(2)18(15)20/h8-9,12,14,19H,4-7,10-11H2,1-3H3. The predicted molar refractivity (Wildman–Crippen MR) is 87.2 cm³/mol. The van der Waals surface area contributed by atoms with Gasteiger partial charge in [-0.15, -0.1) is 0 Å². The Hall–Kier alpha value is -1.59. The summed E-state index contributed by atoms with van der Waals surface area (Å²) in [6, 6.07) is 3.48. The van der Waals surface area contributed by atoms with E-state index in [0.717, 1.165) is 24.8 Å². The third kappa shape index (κ3) is 4.45. The molecule has 2 unspecified atom stereocenters. The number of carbonyl (C=O) groups excluding carboxylic acids is 1. The minimum atomic E-state index is -0.514. The first-order chi connectivity index (χ1) is 11.1. The minimum Gasteiger partial charge on any atom is -0.493 e. The predicted octanol–water partition coefficient (Wildman–Crippen LogP) is 3.12. The number of hydrogen-bond donors (Lipinski definition) is 1. The van der Waals surface area contributed by atoms with Crippen LogP contribution in [0.1, 0.15) is 55.5 Å². The molecule has 0 fully saturated rings. The van der Waals surface area contributed by atoms with Gasteiger partial charge in [0.25, 0.3) is 0 Å². The molecule has 2 atom stereocenters. The van der Waals surface area contributed by atoms with Gasteiger partial charge in [0.15, 0.2) is 17.3 Å². The molecule has 1 aliphatic rings. The second-order valence-corrected chi connectivity index (χ2v) is 5.94. The molecule has 23 heavy (non-hydrogen) atoms. The molecule has 0 saturated heterocycles. The Labute approximate surface area is 137 Å². The summed E-state index contributed by atoms with van der Waals surface area (Å²) in [5.41, 5.74) is 1.42. The third-order valence-corrected chi connectivity index (χ3v) is 4.09. The highest BCUT2D eigenvalue weighted by molar-refractivity contribution is 6.01. The van der Waals surface area contributed by atoms with Crippen molar-refractivity contribution in [2.45, 2.75) is 58.3 Å². The number of methoxy groups -OCH3 is 1. The molecule has 0 saturated carbocycles. The van der Waals surface area contributed by atoms with E-state index in [0.29, 0.717) is 30.1 Å². The second-order valence-electron chi connectivity index (χ2n) is 5.94. The van der Waals surface area contributed by atoms with Crippen molar-refractivity contribution < 1.29 is 24.1 Å². The number of unbranched alkanes of at least 4 members (excludes halogenated alkanes) is 2. The van der Waals surface area contributed by atoms with Gasteiger partial charge >= 0.3 is 0 Å². The Bertz CT molecular complexity index is 540. The molecule has 5 heteroatoms. The molecule has 1 aromatic carbocycles. The van der Waals surface area contributed by atoms with Crippen molar-refractivity contribution in [2.24, 2.45) is 0 Å². The summed E-state index contributed by atoms with van der Waals surface area (Å²) in [6.07, 6.45) is 2.96. The number of rotatable bonds is 8. The molecule has 0 spiro atoms. The fourth-order valence-corrected chi connectivity index (χ4v) is 2.63. The zero-order valence-corrected chi connectivity index (χ0v) is 14.1. The zero-order chi connectivity index (χ0) is 16.8. The SMILES string of the molecule is CCCCCC(O)COc1cc2c(cc1OC)COC(C)C2=O. The van der Waals surface area contributed by atoms with Gasteiger partial charge in [-0.1, -0.05) is 26.2 Å². The molecule has 0 bridgehead atoms. The van der Waals surface area contributed by atoms with Gasteiger partial charge in [0.2, 0.25) is 0 Å². The van der Waals surface area contributed by atoms with Crippen molar-refractivity contribution in [1.82, 2.24) is 0 Å². The summed E-state index contributed by atoms with van der Waals surface area (Å²) in [5, 5.41) is 9.98. The number of carbonyl (C=O) groups is 1. The molecule has 1 heterocycles. The van der Waals surface area contributed by atoms with E-state index < -0.39 is 12.2 Å². The van der Waals surface area contributed by atoms with E-state index in [2.05, 4.69) is 6.92 Å². The van der Waals surface area contributed by atoms with Gasteiger partial charge in [-0.3, -0.25) is 4.79 Å². The Morgan fingerprint density at radius 1 is 1.35 bits per heavy atom. The monoisotopic (exact) mass is 322 g/mol. The fraction of sp³-hybridized carbons (Fsp3) is 0.611. The van der Waals surface area contributed by atoms with E-state index in [4.69, 9.17) is 14.2 Å².